The smallest absolute Gasteiger partial charge is 0.255 e. The van der Waals surface area contributed by atoms with Crippen LogP contribution in [0.25, 0.3) is 10.8 Å². The Bertz CT molecular complexity index is 1400. The van der Waals surface area contributed by atoms with Crippen molar-refractivity contribution in [1.29, 1.82) is 5.41 Å². The molecule has 7 heteroatoms. The van der Waals surface area contributed by atoms with Crippen LogP contribution in [0.2, 0.25) is 0 Å². The number of nitrogens with one attached hydrogen (secondary N) is 3. The standard InChI is InChI=1S/C28H27N5O2/c1-19-3-2-4-23(15-19)32-28(34)21-6-5-20-7-8-24(17-22(20)16-21)35-25-9-10-31-26(18-25)27(29)33-13-11-30-12-14-33/h2-10,15-18,29-30H,11-14H2,1H3,(H,32,34). The summed E-state index contributed by atoms with van der Waals surface area (Å²) in [6, 6.07) is 22.7. The number of aryl methyl sites for hydroxylation is 1. The molecule has 2 heterocycles. The van der Waals surface area contributed by atoms with Crippen LogP contribution >= 0.6 is 0 Å². The van der Waals surface area contributed by atoms with Crippen LogP contribution in [0.15, 0.2) is 79.0 Å². The van der Waals surface area contributed by atoms with Crippen molar-refractivity contribution in [3.05, 3.63) is 95.8 Å². The molecule has 1 aromatic heterocycles. The zero-order chi connectivity index (χ0) is 24.2. The number of hydrogen-bond acceptors (Lipinski definition) is 5. The number of amidine groups is 1. The quantitative estimate of drug-likeness (QED) is 0.290. The second-order valence-corrected chi connectivity index (χ2v) is 8.61. The van der Waals surface area contributed by atoms with Gasteiger partial charge in [0.15, 0.2) is 0 Å². The SMILES string of the molecule is Cc1cccc(NC(=O)c2ccc3ccc(Oc4ccnc(C(=N)N5CCNCC5)c4)cc3c2)c1. The van der Waals surface area contributed by atoms with Gasteiger partial charge in [-0.05, 0) is 65.7 Å². The van der Waals surface area contributed by atoms with Crippen LogP contribution in [0.4, 0.5) is 5.69 Å². The van der Waals surface area contributed by atoms with E-state index in [-0.39, 0.29) is 5.91 Å². The van der Waals surface area contributed by atoms with Gasteiger partial charge in [-0.15, -0.1) is 0 Å². The minimum Gasteiger partial charge on any atom is -0.457 e. The minimum atomic E-state index is -0.158. The van der Waals surface area contributed by atoms with Gasteiger partial charge in [0.05, 0.1) is 0 Å². The molecule has 0 atom stereocenters. The van der Waals surface area contributed by atoms with E-state index in [0.717, 1.165) is 48.2 Å². The number of carbonyl (C=O) groups is 1. The van der Waals surface area contributed by atoms with Gasteiger partial charge >= 0.3 is 0 Å². The number of hydrogen-bond donors (Lipinski definition) is 3. The Morgan fingerprint density at radius 3 is 2.60 bits per heavy atom. The number of benzene rings is 3. The Morgan fingerprint density at radius 1 is 0.971 bits per heavy atom. The summed E-state index contributed by atoms with van der Waals surface area (Å²) in [6.07, 6.45) is 1.66. The number of anilines is 1. The van der Waals surface area contributed by atoms with Crippen LogP contribution < -0.4 is 15.4 Å². The highest BCUT2D eigenvalue weighted by molar-refractivity contribution is 6.06. The third-order valence-corrected chi connectivity index (χ3v) is 5.99. The number of aromatic nitrogens is 1. The fraction of sp³-hybridized carbons (Fsp3) is 0.179. The molecule has 0 radical (unpaired) electrons. The van der Waals surface area contributed by atoms with E-state index < -0.39 is 0 Å². The molecule has 1 saturated heterocycles. The first-order valence-electron chi connectivity index (χ1n) is 11.7. The van der Waals surface area contributed by atoms with Gasteiger partial charge in [-0.25, -0.2) is 0 Å². The maximum atomic E-state index is 12.8. The second-order valence-electron chi connectivity index (χ2n) is 8.61. The highest BCUT2D eigenvalue weighted by atomic mass is 16.5. The predicted octanol–water partition coefficient (Wildman–Crippen LogP) is 4.82. The summed E-state index contributed by atoms with van der Waals surface area (Å²) in [4.78, 5) is 19.2. The minimum absolute atomic E-state index is 0.158. The monoisotopic (exact) mass is 465 g/mol. The van der Waals surface area contributed by atoms with Crippen molar-refractivity contribution in [2.24, 2.45) is 0 Å². The third kappa shape index (κ3) is 5.31. The molecule has 0 saturated carbocycles. The van der Waals surface area contributed by atoms with Gasteiger partial charge < -0.3 is 20.3 Å². The maximum Gasteiger partial charge on any atom is 0.255 e. The van der Waals surface area contributed by atoms with Gasteiger partial charge in [-0.3, -0.25) is 15.2 Å². The Balaban J connectivity index is 1.34. The molecule has 35 heavy (non-hydrogen) atoms. The normalized spacial score (nSPS) is 13.5. The van der Waals surface area contributed by atoms with Crippen molar-refractivity contribution in [3.63, 3.8) is 0 Å². The van der Waals surface area contributed by atoms with Crippen LogP contribution in [0, 0.1) is 12.3 Å². The number of pyridine rings is 1. The number of piperazine rings is 1. The molecule has 0 aliphatic carbocycles. The van der Waals surface area contributed by atoms with Crippen molar-refractivity contribution in [2.75, 3.05) is 31.5 Å². The highest BCUT2D eigenvalue weighted by Crippen LogP contribution is 2.27. The van der Waals surface area contributed by atoms with Crippen molar-refractivity contribution in [1.82, 2.24) is 15.2 Å². The van der Waals surface area contributed by atoms with Crippen molar-refractivity contribution < 1.29 is 9.53 Å². The number of amides is 1. The Hall–Kier alpha value is -4.23. The van der Waals surface area contributed by atoms with Crippen molar-refractivity contribution >= 4 is 28.2 Å². The third-order valence-electron chi connectivity index (χ3n) is 5.99. The molecule has 1 aliphatic heterocycles. The summed E-state index contributed by atoms with van der Waals surface area (Å²) in [5, 5.41) is 16.7. The van der Waals surface area contributed by atoms with Crippen molar-refractivity contribution in [3.8, 4) is 11.5 Å². The number of fused-ring (bicyclic) bond motifs is 1. The summed E-state index contributed by atoms with van der Waals surface area (Å²) < 4.78 is 6.11. The van der Waals surface area contributed by atoms with E-state index in [1.165, 1.54) is 0 Å². The lowest BCUT2D eigenvalue weighted by molar-refractivity contribution is 0.102. The average molecular weight is 466 g/mol. The van der Waals surface area contributed by atoms with Crippen LogP contribution in [0.1, 0.15) is 21.6 Å². The van der Waals surface area contributed by atoms with Gasteiger partial charge in [0, 0.05) is 49.7 Å². The van der Waals surface area contributed by atoms with Crippen LogP contribution in [0.5, 0.6) is 11.5 Å². The molecule has 1 aliphatic rings. The molecule has 5 rings (SSSR count). The molecule has 0 unspecified atom stereocenters. The fourth-order valence-electron chi connectivity index (χ4n) is 4.15. The van der Waals surface area contributed by atoms with E-state index in [2.05, 4.69) is 15.6 Å². The van der Waals surface area contributed by atoms with Gasteiger partial charge in [-0.2, -0.15) is 0 Å². The van der Waals surface area contributed by atoms with E-state index in [1.807, 2.05) is 72.5 Å². The highest BCUT2D eigenvalue weighted by Gasteiger charge is 2.16. The second kappa shape index (κ2) is 9.95. The van der Waals surface area contributed by atoms with Crippen molar-refractivity contribution in [2.45, 2.75) is 6.92 Å². The number of nitrogens with zero attached hydrogens (tertiary/aromatic N) is 2. The zero-order valence-corrected chi connectivity index (χ0v) is 19.5. The molecule has 1 fully saturated rings. The van der Waals surface area contributed by atoms with E-state index in [0.29, 0.717) is 28.6 Å². The Morgan fingerprint density at radius 2 is 1.77 bits per heavy atom. The molecule has 0 spiro atoms. The molecule has 4 aromatic rings. The Kier molecular flexibility index (Phi) is 6.41. The summed E-state index contributed by atoms with van der Waals surface area (Å²) in [5.74, 6) is 1.51. The molecule has 7 nitrogen and oxygen atoms in total. The lowest BCUT2D eigenvalue weighted by atomic mass is 10.1. The van der Waals surface area contributed by atoms with E-state index in [1.54, 1.807) is 18.3 Å². The van der Waals surface area contributed by atoms with Crippen LogP contribution in [-0.4, -0.2) is 47.8 Å². The number of rotatable bonds is 5. The summed E-state index contributed by atoms with van der Waals surface area (Å²) in [6.45, 7) is 5.29. The zero-order valence-electron chi connectivity index (χ0n) is 19.5. The van der Waals surface area contributed by atoms with E-state index >= 15 is 0 Å². The molecule has 176 valence electrons. The number of ether oxygens (including phenoxy) is 1. The summed E-state index contributed by atoms with van der Waals surface area (Å²) in [7, 11) is 0. The van der Waals surface area contributed by atoms with Gasteiger partial charge in [-0.1, -0.05) is 24.3 Å². The number of carbonyl (C=O) groups excluding carboxylic acids is 1. The first-order valence-corrected chi connectivity index (χ1v) is 11.7. The predicted molar refractivity (Wildman–Crippen MR) is 139 cm³/mol. The first-order chi connectivity index (χ1) is 17.0. The van der Waals surface area contributed by atoms with E-state index in [4.69, 9.17) is 10.1 Å². The van der Waals surface area contributed by atoms with E-state index in [9.17, 15) is 4.79 Å². The largest absolute Gasteiger partial charge is 0.457 e. The lowest BCUT2D eigenvalue weighted by Gasteiger charge is -2.29. The molecular formula is C28H27N5O2. The van der Waals surface area contributed by atoms with Crippen LogP contribution in [-0.2, 0) is 0 Å². The molecular weight excluding hydrogens is 438 g/mol. The lowest BCUT2D eigenvalue weighted by Crippen LogP contribution is -2.46. The van der Waals surface area contributed by atoms with Gasteiger partial charge in [0.2, 0.25) is 0 Å². The topological polar surface area (TPSA) is 90.3 Å². The molecule has 1 amide bonds. The molecule has 3 N–H and O–H groups in total. The first kappa shape index (κ1) is 22.6. The average Bonchev–Trinajstić information content (AvgIpc) is 2.88. The molecule has 0 bridgehead atoms. The van der Waals surface area contributed by atoms with Crippen LogP contribution in [0.3, 0.4) is 0 Å². The summed E-state index contributed by atoms with van der Waals surface area (Å²) >= 11 is 0. The maximum absolute atomic E-state index is 12.8. The van der Waals surface area contributed by atoms with Gasteiger partial charge in [0.1, 0.15) is 23.0 Å². The Labute approximate surface area is 204 Å². The summed E-state index contributed by atoms with van der Waals surface area (Å²) in [5.41, 5.74) is 3.02. The molecule has 3 aromatic carbocycles. The fourth-order valence-corrected chi connectivity index (χ4v) is 4.15. The van der Waals surface area contributed by atoms with Gasteiger partial charge in [0.25, 0.3) is 5.91 Å².